The Balaban J connectivity index is 4.61. The first-order chi connectivity index (χ1) is 25.6. The van der Waals surface area contributed by atoms with Crippen molar-refractivity contribution in [3.05, 3.63) is 85.1 Å². The summed E-state index contributed by atoms with van der Waals surface area (Å²) in [4.78, 5) is 45.7. The molecule has 0 fully saturated rings. The highest BCUT2D eigenvalue weighted by Gasteiger charge is 2.28. The average Bonchev–Trinajstić information content (AvgIpc) is 3.13. The third-order valence-corrected chi connectivity index (χ3v) is 8.48. The van der Waals surface area contributed by atoms with Crippen LogP contribution < -0.4 is 5.73 Å². The van der Waals surface area contributed by atoms with Crippen molar-refractivity contribution in [3.8, 4) is 0 Å². The SMILES string of the molecule is CC/C=C/C=C/C=C/C=C/C=C/CCCC(=O)OC(COC(=O)CCCCC/C=C/C=C/CCCCCCCCC)COP(=O)(O)OC[C@H](N)C(=O)O. The van der Waals surface area contributed by atoms with Crippen molar-refractivity contribution in [1.29, 1.82) is 0 Å². The van der Waals surface area contributed by atoms with E-state index in [0.717, 1.165) is 32.1 Å². The van der Waals surface area contributed by atoms with Gasteiger partial charge in [-0.1, -0.05) is 144 Å². The molecule has 2 unspecified atom stereocenters. The smallest absolute Gasteiger partial charge is 0.472 e. The molecule has 0 rings (SSSR count). The van der Waals surface area contributed by atoms with E-state index in [9.17, 15) is 23.8 Å². The number of hydrogen-bond donors (Lipinski definition) is 3. The zero-order valence-corrected chi connectivity index (χ0v) is 33.0. The van der Waals surface area contributed by atoms with E-state index in [1.54, 1.807) is 0 Å². The van der Waals surface area contributed by atoms with Crippen LogP contribution in [0.15, 0.2) is 85.1 Å². The predicted molar refractivity (Wildman–Crippen MR) is 212 cm³/mol. The molecule has 0 aliphatic carbocycles. The fourth-order valence-electron chi connectivity index (χ4n) is 4.50. The van der Waals surface area contributed by atoms with Crippen LogP contribution in [0.3, 0.4) is 0 Å². The summed E-state index contributed by atoms with van der Waals surface area (Å²) in [5, 5.41) is 8.86. The van der Waals surface area contributed by atoms with Gasteiger partial charge >= 0.3 is 25.7 Å². The van der Waals surface area contributed by atoms with Gasteiger partial charge in [0, 0.05) is 12.8 Å². The predicted octanol–water partition coefficient (Wildman–Crippen LogP) is 9.55. The third kappa shape index (κ3) is 35.5. The zero-order chi connectivity index (χ0) is 39.3. The van der Waals surface area contributed by atoms with Crippen molar-refractivity contribution in [1.82, 2.24) is 0 Å². The van der Waals surface area contributed by atoms with Crippen LogP contribution in [0.1, 0.15) is 123 Å². The number of allylic oxidation sites excluding steroid dienone is 14. The van der Waals surface area contributed by atoms with Crippen LogP contribution in [0.4, 0.5) is 0 Å². The molecule has 0 amide bonds. The van der Waals surface area contributed by atoms with Gasteiger partial charge in [0.15, 0.2) is 6.10 Å². The average molecular weight is 764 g/mol. The number of phosphoric acid groups is 1. The van der Waals surface area contributed by atoms with E-state index in [1.807, 2.05) is 54.7 Å². The molecule has 0 aromatic rings. The van der Waals surface area contributed by atoms with Crippen molar-refractivity contribution in [2.24, 2.45) is 5.73 Å². The number of rotatable bonds is 34. The Kier molecular flexibility index (Phi) is 33.4. The number of carbonyl (C=O) groups excluding carboxylic acids is 2. The fourth-order valence-corrected chi connectivity index (χ4v) is 5.27. The van der Waals surface area contributed by atoms with Crippen LogP contribution in [0.5, 0.6) is 0 Å². The van der Waals surface area contributed by atoms with E-state index >= 15 is 0 Å². The molecule has 300 valence electrons. The minimum absolute atomic E-state index is 0.0542. The minimum atomic E-state index is -4.74. The molecule has 0 aliphatic heterocycles. The summed E-state index contributed by atoms with van der Waals surface area (Å²) in [6.07, 6.45) is 42.5. The highest BCUT2D eigenvalue weighted by molar-refractivity contribution is 7.47. The van der Waals surface area contributed by atoms with Crippen molar-refractivity contribution in [3.63, 3.8) is 0 Å². The first-order valence-electron chi connectivity index (χ1n) is 19.2. The second-order valence-corrected chi connectivity index (χ2v) is 13.9. The van der Waals surface area contributed by atoms with Crippen LogP contribution >= 0.6 is 7.82 Å². The van der Waals surface area contributed by atoms with E-state index in [4.69, 9.17) is 24.8 Å². The second-order valence-electron chi connectivity index (χ2n) is 12.5. The molecule has 0 saturated heterocycles. The number of nitrogens with two attached hydrogens (primary N) is 1. The normalized spacial score (nSPS) is 14.8. The fraction of sp³-hybridized carbons (Fsp3) is 0.585. The standard InChI is InChI=1S/C41H66NO10P/c1-3-5-7-9-11-13-15-17-18-19-21-22-24-26-28-30-32-39(43)49-34-37(35-50-53(47,48)51-36-38(42)41(45)46)52-40(44)33-31-29-27-25-23-20-16-14-12-10-8-6-4-2/h6,8,10,12,14,16,18-23,25,27,37-38H,3-5,7,9,11,13,15,17,24,26,28-36,42H2,1-2H3,(H,45,46)(H,47,48)/b8-6+,12-10+,16-14+,19-18+,22-21+,23-20+,27-25+/t37?,38-/m0/s1. The molecule has 0 bridgehead atoms. The van der Waals surface area contributed by atoms with Gasteiger partial charge in [0.2, 0.25) is 0 Å². The molecule has 0 saturated carbocycles. The largest absolute Gasteiger partial charge is 0.480 e. The van der Waals surface area contributed by atoms with Gasteiger partial charge in [-0.2, -0.15) is 0 Å². The van der Waals surface area contributed by atoms with Gasteiger partial charge in [-0.15, -0.1) is 0 Å². The van der Waals surface area contributed by atoms with Crippen molar-refractivity contribution < 1.29 is 47.5 Å². The monoisotopic (exact) mass is 763 g/mol. The second kappa shape index (κ2) is 35.7. The Morgan fingerprint density at radius 2 is 1.08 bits per heavy atom. The highest BCUT2D eigenvalue weighted by atomic mass is 31.2. The number of carbonyl (C=O) groups is 3. The summed E-state index contributed by atoms with van der Waals surface area (Å²) in [6.45, 7) is 2.51. The molecule has 0 heterocycles. The van der Waals surface area contributed by atoms with Gasteiger partial charge in [-0.3, -0.25) is 23.4 Å². The molecular weight excluding hydrogens is 697 g/mol. The van der Waals surface area contributed by atoms with E-state index in [-0.39, 0.29) is 12.8 Å². The molecule has 53 heavy (non-hydrogen) atoms. The van der Waals surface area contributed by atoms with Crippen molar-refractivity contribution in [2.45, 2.75) is 135 Å². The molecule has 0 spiro atoms. The van der Waals surface area contributed by atoms with Gasteiger partial charge in [-0.25, -0.2) is 4.57 Å². The lowest BCUT2D eigenvalue weighted by molar-refractivity contribution is -0.161. The van der Waals surface area contributed by atoms with Crippen LogP contribution in [0.25, 0.3) is 0 Å². The number of esters is 2. The molecular formula is C41H66NO10P. The van der Waals surface area contributed by atoms with Gasteiger partial charge in [0.1, 0.15) is 12.6 Å². The van der Waals surface area contributed by atoms with E-state index in [1.165, 1.54) is 44.9 Å². The number of hydrogen-bond acceptors (Lipinski definition) is 9. The summed E-state index contributed by atoms with van der Waals surface area (Å²) in [5.41, 5.74) is 5.31. The summed E-state index contributed by atoms with van der Waals surface area (Å²) >= 11 is 0. The Bertz CT molecular complexity index is 1220. The number of aliphatic carboxylic acids is 1. The molecule has 0 aliphatic rings. The maximum absolute atomic E-state index is 12.5. The van der Waals surface area contributed by atoms with Crippen LogP contribution in [0.2, 0.25) is 0 Å². The number of carboxylic acids is 1. The Hall–Kier alpha value is -3.34. The summed E-state index contributed by atoms with van der Waals surface area (Å²) in [5.74, 6) is -2.52. The maximum Gasteiger partial charge on any atom is 0.472 e. The number of ether oxygens (including phenoxy) is 2. The van der Waals surface area contributed by atoms with Crippen LogP contribution in [0, 0.1) is 0 Å². The quantitative estimate of drug-likeness (QED) is 0.0247. The lowest BCUT2D eigenvalue weighted by atomic mass is 10.1. The molecule has 4 N–H and O–H groups in total. The summed E-state index contributed by atoms with van der Waals surface area (Å²) < 4.78 is 32.4. The summed E-state index contributed by atoms with van der Waals surface area (Å²) in [7, 11) is -4.74. The van der Waals surface area contributed by atoms with Gasteiger partial charge in [0.05, 0.1) is 13.2 Å². The van der Waals surface area contributed by atoms with Crippen molar-refractivity contribution in [2.75, 3.05) is 19.8 Å². The molecule has 0 aromatic heterocycles. The van der Waals surface area contributed by atoms with Crippen molar-refractivity contribution >= 4 is 25.7 Å². The third-order valence-electron chi connectivity index (χ3n) is 7.53. The van der Waals surface area contributed by atoms with Gasteiger partial charge in [0.25, 0.3) is 0 Å². The Morgan fingerprint density at radius 3 is 1.66 bits per heavy atom. The lowest BCUT2D eigenvalue weighted by Crippen LogP contribution is -2.34. The minimum Gasteiger partial charge on any atom is -0.480 e. The molecule has 3 atom stereocenters. The van der Waals surface area contributed by atoms with Crippen LogP contribution in [-0.4, -0.2) is 59.9 Å². The molecule has 12 heteroatoms. The Morgan fingerprint density at radius 1 is 0.604 bits per heavy atom. The van der Waals surface area contributed by atoms with Crippen LogP contribution in [-0.2, 0) is 37.5 Å². The molecule has 0 aromatic carbocycles. The lowest BCUT2D eigenvalue weighted by Gasteiger charge is -2.20. The first-order valence-corrected chi connectivity index (χ1v) is 20.7. The number of phosphoric ester groups is 1. The van der Waals surface area contributed by atoms with Gasteiger partial charge < -0.3 is 25.2 Å². The Labute approximate surface area is 318 Å². The summed E-state index contributed by atoms with van der Waals surface area (Å²) in [6, 6.07) is -1.54. The first kappa shape index (κ1) is 49.7. The van der Waals surface area contributed by atoms with E-state index in [0.29, 0.717) is 19.3 Å². The van der Waals surface area contributed by atoms with E-state index < -0.39 is 57.7 Å². The zero-order valence-electron chi connectivity index (χ0n) is 32.1. The molecule has 11 nitrogen and oxygen atoms in total. The molecule has 0 radical (unpaired) electrons. The van der Waals surface area contributed by atoms with E-state index in [2.05, 4.69) is 48.8 Å². The maximum atomic E-state index is 12.5. The van der Waals surface area contributed by atoms with Gasteiger partial charge in [-0.05, 0) is 51.4 Å². The highest BCUT2D eigenvalue weighted by Crippen LogP contribution is 2.43. The topological polar surface area (TPSA) is 172 Å². The number of unbranched alkanes of at least 4 members (excludes halogenated alkanes) is 11. The number of carboxylic acid groups (broad SMARTS) is 1.